The molecule has 0 unspecified atom stereocenters. The number of furan rings is 1. The molecule has 0 spiro atoms. The Kier molecular flexibility index (Phi) is 4.37. The smallest absolute Gasteiger partial charge is 0.139 e. The SMILES string of the molecule is [B]c1c([B])c([B])c(-c2ccc3c(oc4ccccc43)c2C(C)(C)C)c([B])c1[B]. The van der Waals surface area contributed by atoms with Crippen molar-refractivity contribution >= 4 is 88.5 Å². The molecule has 3 aromatic carbocycles. The van der Waals surface area contributed by atoms with Crippen molar-refractivity contribution in [1.29, 1.82) is 0 Å². The molecule has 6 heteroatoms. The number of para-hydroxylation sites is 1. The second-order valence-corrected chi connectivity index (χ2v) is 8.16. The molecule has 1 nitrogen and oxygen atoms in total. The molecule has 0 bridgehead atoms. The minimum absolute atomic E-state index is 0.209. The van der Waals surface area contributed by atoms with Crippen molar-refractivity contribution in [2.24, 2.45) is 0 Å². The van der Waals surface area contributed by atoms with Gasteiger partial charge in [-0.3, -0.25) is 0 Å². The fourth-order valence-electron chi connectivity index (χ4n) is 3.88. The maximum atomic E-state index is 6.35. The molecule has 0 amide bonds. The predicted molar refractivity (Wildman–Crippen MR) is 125 cm³/mol. The molecule has 0 aliphatic rings. The Balaban J connectivity index is 2.19. The van der Waals surface area contributed by atoms with Crippen molar-refractivity contribution in [1.82, 2.24) is 0 Å². The zero-order valence-electron chi connectivity index (χ0n) is 16.3. The van der Waals surface area contributed by atoms with Crippen molar-refractivity contribution in [2.75, 3.05) is 0 Å². The molecule has 4 rings (SSSR count). The lowest BCUT2D eigenvalue weighted by molar-refractivity contribution is 0.574. The van der Waals surface area contributed by atoms with Gasteiger partial charge in [-0.1, -0.05) is 56.0 Å². The molecular formula is C22H15B5O. The van der Waals surface area contributed by atoms with Crippen LogP contribution in [-0.4, -0.2) is 39.2 Å². The summed E-state index contributed by atoms with van der Waals surface area (Å²) in [5.74, 6) is 0. The summed E-state index contributed by atoms with van der Waals surface area (Å²) < 4.78 is 6.27. The van der Waals surface area contributed by atoms with Crippen molar-refractivity contribution in [3.05, 3.63) is 42.0 Å². The molecular weight excluding hydrogens is 334 g/mol. The van der Waals surface area contributed by atoms with Gasteiger partial charge in [0.15, 0.2) is 0 Å². The molecule has 0 saturated heterocycles. The lowest BCUT2D eigenvalue weighted by Gasteiger charge is -2.28. The van der Waals surface area contributed by atoms with Gasteiger partial charge in [0.2, 0.25) is 0 Å². The Morgan fingerprint density at radius 2 is 1.25 bits per heavy atom. The van der Waals surface area contributed by atoms with Crippen LogP contribution in [-0.2, 0) is 5.41 Å². The number of hydrogen-bond donors (Lipinski definition) is 0. The van der Waals surface area contributed by atoms with Gasteiger partial charge in [-0.25, -0.2) is 0 Å². The van der Waals surface area contributed by atoms with Crippen molar-refractivity contribution in [2.45, 2.75) is 26.2 Å². The number of hydrogen-bond acceptors (Lipinski definition) is 1. The molecule has 28 heavy (non-hydrogen) atoms. The lowest BCUT2D eigenvalue weighted by atomic mass is 9.59. The number of fused-ring (bicyclic) bond motifs is 3. The van der Waals surface area contributed by atoms with E-state index in [9.17, 15) is 0 Å². The maximum Gasteiger partial charge on any atom is 0.139 e. The second kappa shape index (κ2) is 6.41. The van der Waals surface area contributed by atoms with Gasteiger partial charge in [-0.15, -0.1) is 16.4 Å². The van der Waals surface area contributed by atoms with Crippen LogP contribution >= 0.6 is 0 Å². The summed E-state index contributed by atoms with van der Waals surface area (Å²) in [6.07, 6.45) is 0. The molecule has 124 valence electrons. The van der Waals surface area contributed by atoms with Crippen LogP contribution < -0.4 is 27.3 Å². The molecule has 1 heterocycles. The van der Waals surface area contributed by atoms with Crippen LogP contribution in [0.5, 0.6) is 0 Å². The van der Waals surface area contributed by atoms with E-state index in [0.29, 0.717) is 16.5 Å². The summed E-state index contributed by atoms with van der Waals surface area (Å²) in [6.45, 7) is 6.36. The summed E-state index contributed by atoms with van der Waals surface area (Å²) >= 11 is 0. The van der Waals surface area contributed by atoms with Gasteiger partial charge in [-0.2, -0.15) is 0 Å². The Morgan fingerprint density at radius 3 is 1.86 bits per heavy atom. The molecule has 0 aliphatic carbocycles. The minimum Gasteiger partial charge on any atom is -0.456 e. The van der Waals surface area contributed by atoms with Crippen LogP contribution in [0.3, 0.4) is 0 Å². The molecule has 10 radical (unpaired) electrons. The molecule has 4 aromatic rings. The van der Waals surface area contributed by atoms with E-state index in [-0.39, 0.29) is 21.8 Å². The largest absolute Gasteiger partial charge is 0.456 e. The van der Waals surface area contributed by atoms with Crippen LogP contribution in [0.4, 0.5) is 0 Å². The number of rotatable bonds is 1. The first-order chi connectivity index (χ1) is 13.1. The van der Waals surface area contributed by atoms with E-state index >= 15 is 0 Å². The Hall–Kier alpha value is -2.22. The van der Waals surface area contributed by atoms with E-state index in [1.807, 2.05) is 30.3 Å². The average Bonchev–Trinajstić information content (AvgIpc) is 3.02. The van der Waals surface area contributed by atoms with Crippen LogP contribution in [0.15, 0.2) is 40.8 Å². The fourth-order valence-corrected chi connectivity index (χ4v) is 3.88. The number of benzene rings is 3. The zero-order chi connectivity index (χ0) is 20.4. The molecule has 1 aromatic heterocycles. The van der Waals surface area contributed by atoms with Gasteiger partial charge < -0.3 is 4.42 Å². The first kappa shape index (κ1) is 19.1. The summed E-state index contributed by atoms with van der Waals surface area (Å²) in [4.78, 5) is 0. The average molecular weight is 349 g/mol. The normalized spacial score (nSPS) is 12.1. The first-order valence-electron chi connectivity index (χ1n) is 9.09. The van der Waals surface area contributed by atoms with Crippen LogP contribution in [0, 0.1) is 0 Å². The summed E-state index contributed by atoms with van der Waals surface area (Å²) in [5, 5.41) is 2.10. The first-order valence-corrected chi connectivity index (χ1v) is 9.09. The highest BCUT2D eigenvalue weighted by atomic mass is 16.3. The van der Waals surface area contributed by atoms with Crippen LogP contribution in [0.2, 0.25) is 0 Å². The van der Waals surface area contributed by atoms with E-state index in [4.69, 9.17) is 43.6 Å². The van der Waals surface area contributed by atoms with Crippen molar-refractivity contribution in [3.63, 3.8) is 0 Å². The molecule has 0 saturated carbocycles. The minimum atomic E-state index is -0.257. The van der Waals surface area contributed by atoms with E-state index in [1.165, 1.54) is 0 Å². The van der Waals surface area contributed by atoms with Gasteiger partial charge in [0, 0.05) is 16.3 Å². The maximum absolute atomic E-state index is 6.35. The van der Waals surface area contributed by atoms with E-state index in [1.54, 1.807) is 0 Å². The Bertz CT molecular complexity index is 1220. The third-order valence-corrected chi connectivity index (χ3v) is 5.27. The topological polar surface area (TPSA) is 13.1 Å². The fraction of sp³-hybridized carbons (Fsp3) is 0.182. The van der Waals surface area contributed by atoms with E-state index < -0.39 is 0 Å². The third-order valence-electron chi connectivity index (χ3n) is 5.27. The van der Waals surface area contributed by atoms with Gasteiger partial charge in [0.1, 0.15) is 50.4 Å². The van der Waals surface area contributed by atoms with Crippen molar-refractivity contribution < 1.29 is 4.42 Å². The summed E-state index contributed by atoms with van der Waals surface area (Å²) in [5.41, 5.74) is 5.14. The van der Waals surface area contributed by atoms with Crippen LogP contribution in [0.1, 0.15) is 26.3 Å². The van der Waals surface area contributed by atoms with E-state index in [0.717, 1.165) is 33.1 Å². The monoisotopic (exact) mass is 350 g/mol. The zero-order valence-corrected chi connectivity index (χ0v) is 16.3. The molecule has 0 fully saturated rings. The van der Waals surface area contributed by atoms with Gasteiger partial charge in [0.25, 0.3) is 0 Å². The highest BCUT2D eigenvalue weighted by Crippen LogP contribution is 2.41. The van der Waals surface area contributed by atoms with Gasteiger partial charge in [-0.05, 0) is 28.7 Å². The summed E-state index contributed by atoms with van der Waals surface area (Å²) in [6, 6.07) is 12.0. The Morgan fingerprint density at radius 1 is 0.679 bits per heavy atom. The molecule has 0 atom stereocenters. The highest BCUT2D eigenvalue weighted by Gasteiger charge is 2.27. The van der Waals surface area contributed by atoms with E-state index in [2.05, 4.69) is 26.8 Å². The van der Waals surface area contributed by atoms with Crippen molar-refractivity contribution in [3.8, 4) is 11.1 Å². The quantitative estimate of drug-likeness (QED) is 0.457. The lowest BCUT2D eigenvalue weighted by Crippen LogP contribution is -2.55. The van der Waals surface area contributed by atoms with Crippen LogP contribution in [0.25, 0.3) is 33.1 Å². The molecule has 0 N–H and O–H groups in total. The van der Waals surface area contributed by atoms with Gasteiger partial charge in [0.05, 0.1) is 0 Å². The third kappa shape index (κ3) is 2.69. The second-order valence-electron chi connectivity index (χ2n) is 8.16. The molecule has 0 aliphatic heterocycles. The Labute approximate surface area is 172 Å². The standard InChI is InChI=1S/C22H15B5O/c1-22(2,3)15-12(14-16(23)18(25)20(27)19(26)17(14)24)9-8-11-10-6-4-5-7-13(10)28-21(11)15/h4-9H,1-3H3. The van der Waals surface area contributed by atoms with Gasteiger partial charge >= 0.3 is 0 Å². The highest BCUT2D eigenvalue weighted by molar-refractivity contribution is 6.68. The predicted octanol–water partition coefficient (Wildman–Crippen LogP) is 0.520. The summed E-state index contributed by atoms with van der Waals surface area (Å²) in [7, 11) is 30.9.